The van der Waals surface area contributed by atoms with Crippen LogP contribution in [0, 0.1) is 0 Å². The third-order valence-electron chi connectivity index (χ3n) is 2.35. The molecule has 0 aliphatic carbocycles. The lowest BCUT2D eigenvalue weighted by Crippen LogP contribution is -2.13. The van der Waals surface area contributed by atoms with Gasteiger partial charge in [0.1, 0.15) is 0 Å². The highest BCUT2D eigenvalue weighted by atomic mass is 32.3. The van der Waals surface area contributed by atoms with E-state index in [0.29, 0.717) is 26.4 Å². The molecule has 0 atom stereocenters. The summed E-state index contributed by atoms with van der Waals surface area (Å²) in [5.41, 5.74) is 0. The van der Waals surface area contributed by atoms with Gasteiger partial charge in [-0.3, -0.25) is 4.55 Å². The van der Waals surface area contributed by atoms with Crippen molar-refractivity contribution < 1.29 is 31.4 Å². The first kappa shape index (κ1) is 19.8. The molecule has 0 rings (SSSR count). The molecule has 122 valence electrons. The van der Waals surface area contributed by atoms with Gasteiger partial charge < -0.3 is 14.2 Å². The van der Waals surface area contributed by atoms with Crippen molar-refractivity contribution in [3.63, 3.8) is 0 Å². The average Bonchev–Trinajstić information content (AvgIpc) is 2.38. The van der Waals surface area contributed by atoms with Crippen LogP contribution in [0.1, 0.15) is 32.6 Å². The van der Waals surface area contributed by atoms with Crippen molar-refractivity contribution in [2.75, 3.05) is 46.2 Å². The van der Waals surface area contributed by atoms with E-state index in [9.17, 15) is 8.42 Å². The fraction of sp³-hybridized carbons (Fsp3) is 1.00. The summed E-state index contributed by atoms with van der Waals surface area (Å²) in [7, 11) is -4.37. The molecule has 0 amide bonds. The van der Waals surface area contributed by atoms with Gasteiger partial charge in [0.2, 0.25) is 0 Å². The normalized spacial score (nSPS) is 11.9. The lowest BCUT2D eigenvalue weighted by Gasteiger charge is -2.06. The van der Waals surface area contributed by atoms with Crippen molar-refractivity contribution in [3.05, 3.63) is 0 Å². The van der Waals surface area contributed by atoms with E-state index in [1.807, 2.05) is 0 Å². The summed E-state index contributed by atoms with van der Waals surface area (Å²) in [6.45, 7) is 4.64. The molecular formula is C12H26O7S. The van der Waals surface area contributed by atoms with Gasteiger partial charge in [-0.05, 0) is 6.42 Å². The van der Waals surface area contributed by atoms with Gasteiger partial charge in [-0.25, -0.2) is 4.18 Å². The Bertz CT molecular complexity index is 292. The van der Waals surface area contributed by atoms with Crippen molar-refractivity contribution in [2.24, 2.45) is 0 Å². The summed E-state index contributed by atoms with van der Waals surface area (Å²) in [5, 5.41) is 0. The fourth-order valence-electron chi connectivity index (χ4n) is 1.37. The van der Waals surface area contributed by atoms with Crippen LogP contribution in [0.25, 0.3) is 0 Å². The summed E-state index contributed by atoms with van der Waals surface area (Å²) in [6, 6.07) is 0. The Kier molecular flexibility index (Phi) is 13.5. The molecule has 7 nitrogen and oxygen atoms in total. The van der Waals surface area contributed by atoms with Gasteiger partial charge in [-0.2, -0.15) is 8.42 Å². The number of rotatable bonds is 15. The minimum atomic E-state index is -4.37. The van der Waals surface area contributed by atoms with Gasteiger partial charge in [0.25, 0.3) is 0 Å². The van der Waals surface area contributed by atoms with E-state index in [1.165, 1.54) is 19.3 Å². The third kappa shape index (κ3) is 17.8. The lowest BCUT2D eigenvalue weighted by molar-refractivity contribution is 0.00855. The van der Waals surface area contributed by atoms with Crippen molar-refractivity contribution in [1.82, 2.24) is 0 Å². The Morgan fingerprint density at radius 1 is 0.750 bits per heavy atom. The van der Waals surface area contributed by atoms with Crippen LogP contribution in [0.2, 0.25) is 0 Å². The van der Waals surface area contributed by atoms with E-state index in [-0.39, 0.29) is 13.2 Å². The number of hydrogen-bond acceptors (Lipinski definition) is 6. The van der Waals surface area contributed by atoms with Crippen molar-refractivity contribution in [2.45, 2.75) is 32.6 Å². The summed E-state index contributed by atoms with van der Waals surface area (Å²) in [4.78, 5) is 0. The average molecular weight is 314 g/mol. The lowest BCUT2D eigenvalue weighted by atomic mass is 10.2. The fourth-order valence-corrected chi connectivity index (χ4v) is 1.65. The molecule has 0 heterocycles. The molecule has 0 fully saturated rings. The highest BCUT2D eigenvalue weighted by Crippen LogP contribution is 1.98. The van der Waals surface area contributed by atoms with E-state index < -0.39 is 10.4 Å². The predicted molar refractivity (Wildman–Crippen MR) is 74.1 cm³/mol. The van der Waals surface area contributed by atoms with Crippen LogP contribution in [0.4, 0.5) is 0 Å². The first-order valence-corrected chi connectivity index (χ1v) is 8.28. The topological polar surface area (TPSA) is 91.3 Å². The number of hydrogen-bond donors (Lipinski definition) is 1. The SMILES string of the molecule is CCCCCCOCCOCCOCCOS(=O)(=O)O. The second-order valence-corrected chi connectivity index (χ2v) is 5.24. The maximum atomic E-state index is 10.2. The molecule has 0 aliphatic rings. The minimum Gasteiger partial charge on any atom is -0.379 e. The molecule has 20 heavy (non-hydrogen) atoms. The largest absolute Gasteiger partial charge is 0.397 e. The Hall–Kier alpha value is -0.250. The molecule has 0 saturated heterocycles. The quantitative estimate of drug-likeness (QED) is 0.361. The number of unbranched alkanes of at least 4 members (excludes halogenated alkanes) is 3. The van der Waals surface area contributed by atoms with Crippen LogP contribution < -0.4 is 0 Å². The van der Waals surface area contributed by atoms with Crippen LogP contribution in [-0.4, -0.2) is 59.2 Å². The van der Waals surface area contributed by atoms with E-state index in [0.717, 1.165) is 13.0 Å². The Morgan fingerprint density at radius 3 is 1.75 bits per heavy atom. The van der Waals surface area contributed by atoms with Gasteiger partial charge in [0.15, 0.2) is 0 Å². The van der Waals surface area contributed by atoms with Gasteiger partial charge >= 0.3 is 10.4 Å². The summed E-state index contributed by atoms with van der Waals surface area (Å²) < 4.78 is 48.4. The zero-order valence-corrected chi connectivity index (χ0v) is 12.9. The molecule has 0 spiro atoms. The molecule has 0 saturated carbocycles. The summed E-state index contributed by atoms with van der Waals surface area (Å²) >= 11 is 0. The van der Waals surface area contributed by atoms with Crippen LogP contribution in [-0.2, 0) is 28.8 Å². The molecule has 0 bridgehead atoms. The second-order valence-electron chi connectivity index (χ2n) is 4.15. The zero-order chi connectivity index (χ0) is 15.1. The molecule has 0 radical (unpaired) electrons. The van der Waals surface area contributed by atoms with Gasteiger partial charge in [0, 0.05) is 6.61 Å². The predicted octanol–water partition coefficient (Wildman–Crippen LogP) is 1.44. The van der Waals surface area contributed by atoms with Crippen molar-refractivity contribution in [1.29, 1.82) is 0 Å². The van der Waals surface area contributed by atoms with Crippen LogP contribution in [0.15, 0.2) is 0 Å². The first-order valence-electron chi connectivity index (χ1n) is 6.91. The first-order chi connectivity index (χ1) is 9.56. The molecule has 0 unspecified atom stereocenters. The Balaban J connectivity index is 3.03. The molecule has 0 aliphatic heterocycles. The zero-order valence-electron chi connectivity index (χ0n) is 12.1. The molecule has 0 aromatic heterocycles. The van der Waals surface area contributed by atoms with E-state index in [4.69, 9.17) is 18.8 Å². The summed E-state index contributed by atoms with van der Waals surface area (Å²) in [6.07, 6.45) is 4.76. The highest BCUT2D eigenvalue weighted by molar-refractivity contribution is 7.80. The van der Waals surface area contributed by atoms with E-state index in [2.05, 4.69) is 11.1 Å². The molecule has 0 aromatic carbocycles. The van der Waals surface area contributed by atoms with Crippen LogP contribution >= 0.6 is 0 Å². The maximum Gasteiger partial charge on any atom is 0.397 e. The smallest absolute Gasteiger partial charge is 0.379 e. The Labute approximate surface area is 121 Å². The maximum absolute atomic E-state index is 10.2. The van der Waals surface area contributed by atoms with Crippen molar-refractivity contribution >= 4 is 10.4 Å². The minimum absolute atomic E-state index is 0.0804. The molecular weight excluding hydrogens is 288 g/mol. The monoisotopic (exact) mass is 314 g/mol. The standard InChI is InChI=1S/C12H26O7S/c1-2-3-4-5-6-16-7-8-17-9-10-18-11-12-19-20(13,14)15/h2-12H2,1H3,(H,13,14,15). The van der Waals surface area contributed by atoms with Gasteiger partial charge in [-0.15, -0.1) is 0 Å². The Morgan fingerprint density at radius 2 is 1.25 bits per heavy atom. The molecule has 1 N–H and O–H groups in total. The highest BCUT2D eigenvalue weighted by Gasteiger charge is 2.02. The summed E-state index contributed by atoms with van der Waals surface area (Å²) in [5.74, 6) is 0. The molecule has 0 aromatic rings. The van der Waals surface area contributed by atoms with Gasteiger partial charge in [0.05, 0.1) is 39.6 Å². The van der Waals surface area contributed by atoms with Gasteiger partial charge in [-0.1, -0.05) is 26.2 Å². The third-order valence-corrected chi connectivity index (χ3v) is 2.81. The van der Waals surface area contributed by atoms with Crippen molar-refractivity contribution in [3.8, 4) is 0 Å². The van der Waals surface area contributed by atoms with Crippen LogP contribution in [0.3, 0.4) is 0 Å². The second kappa shape index (κ2) is 13.7. The number of ether oxygens (including phenoxy) is 3. The van der Waals surface area contributed by atoms with E-state index >= 15 is 0 Å². The van der Waals surface area contributed by atoms with Crippen LogP contribution in [0.5, 0.6) is 0 Å². The molecule has 8 heteroatoms. The van der Waals surface area contributed by atoms with E-state index in [1.54, 1.807) is 0 Å².